The monoisotopic (exact) mass is 356 g/mol. The summed E-state index contributed by atoms with van der Waals surface area (Å²) in [4.78, 5) is 32.5. The average Bonchev–Trinajstić information content (AvgIpc) is 3.19. The van der Waals surface area contributed by atoms with Gasteiger partial charge in [0, 0.05) is 19.0 Å². The molecule has 1 aromatic carbocycles. The molecular formula is C19H24N4O3. The molecule has 0 spiro atoms. The van der Waals surface area contributed by atoms with Crippen LogP contribution in [0.3, 0.4) is 0 Å². The van der Waals surface area contributed by atoms with Crippen molar-refractivity contribution in [3.05, 3.63) is 30.2 Å². The number of oxazole rings is 1. The van der Waals surface area contributed by atoms with Crippen LogP contribution in [0.15, 0.2) is 28.7 Å². The van der Waals surface area contributed by atoms with Gasteiger partial charge in [0.15, 0.2) is 11.5 Å². The van der Waals surface area contributed by atoms with E-state index in [1.807, 2.05) is 31.2 Å². The van der Waals surface area contributed by atoms with Gasteiger partial charge in [0.05, 0.1) is 6.67 Å². The largest absolute Gasteiger partial charge is 0.440 e. The predicted octanol–water partition coefficient (Wildman–Crippen LogP) is 2.69. The van der Waals surface area contributed by atoms with Crippen LogP contribution in [0.2, 0.25) is 0 Å². The second-order valence-corrected chi connectivity index (χ2v) is 7.11. The SMILES string of the molecule is CCC[C@H]1NC(=O)N(CN2CCC(c3nc4ccccc4o3)CC2)C1=O. The molecule has 0 saturated carbocycles. The zero-order valence-electron chi connectivity index (χ0n) is 15.0. The lowest BCUT2D eigenvalue weighted by Crippen LogP contribution is -2.45. The Labute approximate surface area is 152 Å². The third-order valence-electron chi connectivity index (χ3n) is 5.27. The minimum Gasteiger partial charge on any atom is -0.440 e. The van der Waals surface area contributed by atoms with Crippen LogP contribution in [0.25, 0.3) is 11.1 Å². The van der Waals surface area contributed by atoms with Crippen molar-refractivity contribution in [1.82, 2.24) is 20.1 Å². The minimum atomic E-state index is -0.357. The van der Waals surface area contributed by atoms with Crippen molar-refractivity contribution in [2.24, 2.45) is 0 Å². The molecule has 7 heteroatoms. The Kier molecular flexibility index (Phi) is 4.63. The Morgan fingerprint density at radius 2 is 2.00 bits per heavy atom. The van der Waals surface area contributed by atoms with Crippen molar-refractivity contribution in [3.8, 4) is 0 Å². The van der Waals surface area contributed by atoms with E-state index in [0.717, 1.165) is 49.3 Å². The van der Waals surface area contributed by atoms with E-state index >= 15 is 0 Å². The van der Waals surface area contributed by atoms with Gasteiger partial charge in [-0.05, 0) is 31.4 Å². The fraction of sp³-hybridized carbons (Fsp3) is 0.526. The first-order chi connectivity index (χ1) is 12.7. The van der Waals surface area contributed by atoms with E-state index in [0.29, 0.717) is 13.1 Å². The zero-order valence-corrected chi connectivity index (χ0v) is 15.0. The van der Waals surface area contributed by atoms with E-state index in [-0.39, 0.29) is 23.9 Å². The minimum absolute atomic E-state index is 0.0991. The van der Waals surface area contributed by atoms with Crippen LogP contribution < -0.4 is 5.32 Å². The number of hydrogen-bond donors (Lipinski definition) is 1. The highest BCUT2D eigenvalue weighted by Gasteiger charge is 2.38. The van der Waals surface area contributed by atoms with E-state index < -0.39 is 0 Å². The summed E-state index contributed by atoms with van der Waals surface area (Å²) in [6.45, 7) is 4.02. The van der Waals surface area contributed by atoms with Gasteiger partial charge in [-0.15, -0.1) is 0 Å². The molecule has 2 aromatic rings. The van der Waals surface area contributed by atoms with E-state index in [9.17, 15) is 9.59 Å². The first-order valence-electron chi connectivity index (χ1n) is 9.35. The number of carbonyl (C=O) groups excluding carboxylic acids is 2. The Bertz CT molecular complexity index is 777. The molecule has 2 aliphatic heterocycles. The van der Waals surface area contributed by atoms with E-state index in [2.05, 4.69) is 15.2 Å². The molecule has 0 bridgehead atoms. The summed E-state index contributed by atoms with van der Waals surface area (Å²) in [5, 5.41) is 2.78. The summed E-state index contributed by atoms with van der Waals surface area (Å²) in [7, 11) is 0. The van der Waals surface area contributed by atoms with Crippen LogP contribution in [0.4, 0.5) is 4.79 Å². The Balaban J connectivity index is 1.35. The first-order valence-corrected chi connectivity index (χ1v) is 9.35. The van der Waals surface area contributed by atoms with Gasteiger partial charge in [0.25, 0.3) is 5.91 Å². The molecule has 2 aliphatic rings. The molecule has 26 heavy (non-hydrogen) atoms. The van der Waals surface area contributed by atoms with Crippen molar-refractivity contribution >= 4 is 23.0 Å². The number of aromatic nitrogens is 1. The van der Waals surface area contributed by atoms with Crippen LogP contribution in [0.5, 0.6) is 0 Å². The summed E-state index contributed by atoms with van der Waals surface area (Å²) in [5.74, 6) is 0.983. The number of hydrogen-bond acceptors (Lipinski definition) is 5. The summed E-state index contributed by atoms with van der Waals surface area (Å²) in [6.07, 6.45) is 3.39. The highest BCUT2D eigenvalue weighted by atomic mass is 16.3. The Morgan fingerprint density at radius 1 is 1.23 bits per heavy atom. The number of nitrogens with zero attached hydrogens (tertiary/aromatic N) is 3. The molecule has 4 rings (SSSR count). The molecule has 0 unspecified atom stereocenters. The highest BCUT2D eigenvalue weighted by molar-refractivity contribution is 6.04. The maximum absolute atomic E-state index is 12.4. The van der Waals surface area contributed by atoms with Crippen LogP contribution >= 0.6 is 0 Å². The van der Waals surface area contributed by atoms with Crippen molar-refractivity contribution in [3.63, 3.8) is 0 Å². The normalized spacial score (nSPS) is 22.3. The van der Waals surface area contributed by atoms with Gasteiger partial charge in [0.2, 0.25) is 0 Å². The highest BCUT2D eigenvalue weighted by Crippen LogP contribution is 2.30. The smallest absolute Gasteiger partial charge is 0.325 e. The second kappa shape index (κ2) is 7.07. The van der Waals surface area contributed by atoms with E-state index in [1.165, 1.54) is 4.90 Å². The third-order valence-corrected chi connectivity index (χ3v) is 5.27. The lowest BCUT2D eigenvalue weighted by molar-refractivity contribution is -0.129. The van der Waals surface area contributed by atoms with E-state index in [1.54, 1.807) is 0 Å². The molecular weight excluding hydrogens is 332 g/mol. The van der Waals surface area contributed by atoms with Gasteiger partial charge in [-0.1, -0.05) is 25.5 Å². The number of para-hydroxylation sites is 2. The molecule has 3 amide bonds. The summed E-state index contributed by atoms with van der Waals surface area (Å²) in [5.41, 5.74) is 1.72. The van der Waals surface area contributed by atoms with Crippen molar-refractivity contribution in [2.45, 2.75) is 44.6 Å². The summed E-state index contributed by atoms with van der Waals surface area (Å²) < 4.78 is 5.89. The number of benzene rings is 1. The average molecular weight is 356 g/mol. The molecule has 2 fully saturated rings. The Hall–Kier alpha value is -2.41. The number of imide groups is 1. The lowest BCUT2D eigenvalue weighted by Gasteiger charge is -2.32. The maximum atomic E-state index is 12.4. The van der Waals surface area contributed by atoms with E-state index in [4.69, 9.17) is 4.42 Å². The fourth-order valence-electron chi connectivity index (χ4n) is 3.78. The van der Waals surface area contributed by atoms with Crippen molar-refractivity contribution < 1.29 is 14.0 Å². The molecule has 1 aromatic heterocycles. The number of amides is 3. The fourth-order valence-corrected chi connectivity index (χ4v) is 3.78. The Morgan fingerprint density at radius 3 is 2.73 bits per heavy atom. The number of carbonyl (C=O) groups is 2. The number of piperidine rings is 1. The predicted molar refractivity (Wildman–Crippen MR) is 96.5 cm³/mol. The van der Waals surface area contributed by atoms with Crippen LogP contribution in [-0.2, 0) is 4.79 Å². The van der Waals surface area contributed by atoms with Gasteiger partial charge in [0.1, 0.15) is 11.6 Å². The first kappa shape index (κ1) is 17.0. The molecule has 7 nitrogen and oxygen atoms in total. The second-order valence-electron chi connectivity index (χ2n) is 7.11. The summed E-state index contributed by atoms with van der Waals surface area (Å²) in [6, 6.07) is 7.18. The quantitative estimate of drug-likeness (QED) is 0.834. The summed E-state index contributed by atoms with van der Waals surface area (Å²) >= 11 is 0. The maximum Gasteiger partial charge on any atom is 0.325 e. The van der Waals surface area contributed by atoms with Crippen LogP contribution in [0.1, 0.15) is 44.4 Å². The van der Waals surface area contributed by atoms with Crippen molar-refractivity contribution in [2.75, 3.05) is 19.8 Å². The standard InChI is InChI=1S/C19H24N4O3/c1-2-5-15-18(24)23(19(25)21-15)12-22-10-8-13(9-11-22)17-20-14-6-3-4-7-16(14)26-17/h3-4,6-7,13,15H,2,5,8-12H2,1H3,(H,21,25)/t15-/m1/s1. The molecule has 0 radical (unpaired) electrons. The van der Waals surface area contributed by atoms with Gasteiger partial charge < -0.3 is 9.73 Å². The molecule has 2 saturated heterocycles. The van der Waals surface area contributed by atoms with Gasteiger partial charge >= 0.3 is 6.03 Å². The lowest BCUT2D eigenvalue weighted by atomic mass is 9.97. The number of rotatable bonds is 5. The van der Waals surface area contributed by atoms with Gasteiger partial charge in [-0.25, -0.2) is 14.7 Å². The van der Waals surface area contributed by atoms with Crippen molar-refractivity contribution in [1.29, 1.82) is 0 Å². The third kappa shape index (κ3) is 3.19. The molecule has 0 aliphatic carbocycles. The molecule has 3 heterocycles. The number of nitrogens with one attached hydrogen (secondary N) is 1. The van der Waals surface area contributed by atoms with Crippen LogP contribution in [-0.4, -0.2) is 52.5 Å². The topological polar surface area (TPSA) is 78.7 Å². The molecule has 1 N–H and O–H groups in total. The van der Waals surface area contributed by atoms with Crippen LogP contribution in [0, 0.1) is 0 Å². The van der Waals surface area contributed by atoms with Gasteiger partial charge in [-0.3, -0.25) is 9.69 Å². The number of likely N-dealkylation sites (tertiary alicyclic amines) is 1. The number of urea groups is 1. The zero-order chi connectivity index (χ0) is 18.1. The molecule has 138 valence electrons. The number of fused-ring (bicyclic) bond motifs is 1. The molecule has 1 atom stereocenters. The van der Waals surface area contributed by atoms with Gasteiger partial charge in [-0.2, -0.15) is 0 Å².